The number of benzene rings is 1. The van der Waals surface area contributed by atoms with E-state index in [2.05, 4.69) is 21.2 Å². The van der Waals surface area contributed by atoms with Crippen LogP contribution >= 0.6 is 15.9 Å². The van der Waals surface area contributed by atoms with E-state index in [9.17, 15) is 18.0 Å². The first-order valence-electron chi connectivity index (χ1n) is 5.55. The number of unbranched alkanes of at least 4 members (excludes halogenated alkanes) is 2. The minimum atomic E-state index is -1.11. The number of nitrogens with one attached hydrogen (secondary N) is 1. The Morgan fingerprint density at radius 1 is 1.11 bits per heavy atom. The number of carbonyl (C=O) groups is 1. The van der Waals surface area contributed by atoms with Crippen molar-refractivity contribution in [1.29, 1.82) is 0 Å². The SMILES string of the molecule is O=C(CCCCCBr)Nc1c(F)cc(F)cc1F. The maximum absolute atomic E-state index is 13.2. The average Bonchev–Trinajstić information content (AvgIpc) is 2.29. The smallest absolute Gasteiger partial charge is 0.224 e. The third kappa shape index (κ3) is 4.68. The average molecular weight is 324 g/mol. The van der Waals surface area contributed by atoms with Crippen LogP contribution in [0.15, 0.2) is 12.1 Å². The van der Waals surface area contributed by atoms with Crippen molar-refractivity contribution in [3.05, 3.63) is 29.6 Å². The van der Waals surface area contributed by atoms with Crippen molar-refractivity contribution in [1.82, 2.24) is 0 Å². The second kappa shape index (κ2) is 7.41. The lowest BCUT2D eigenvalue weighted by Gasteiger charge is -2.07. The fourth-order valence-corrected chi connectivity index (χ4v) is 1.82. The highest BCUT2D eigenvalue weighted by molar-refractivity contribution is 9.09. The topological polar surface area (TPSA) is 29.1 Å². The fraction of sp³-hybridized carbons (Fsp3) is 0.417. The van der Waals surface area contributed by atoms with Crippen LogP contribution in [0.3, 0.4) is 0 Å². The van der Waals surface area contributed by atoms with Gasteiger partial charge < -0.3 is 5.32 Å². The summed E-state index contributed by atoms with van der Waals surface area (Å²) in [5, 5.41) is 2.97. The highest BCUT2D eigenvalue weighted by atomic mass is 79.9. The molecule has 1 N–H and O–H groups in total. The molecule has 0 unspecified atom stereocenters. The minimum Gasteiger partial charge on any atom is -0.321 e. The van der Waals surface area contributed by atoms with Gasteiger partial charge in [0.2, 0.25) is 5.91 Å². The van der Waals surface area contributed by atoms with Crippen LogP contribution in [0, 0.1) is 17.5 Å². The van der Waals surface area contributed by atoms with Gasteiger partial charge in [0.15, 0.2) is 11.6 Å². The van der Waals surface area contributed by atoms with E-state index in [0.29, 0.717) is 18.6 Å². The highest BCUT2D eigenvalue weighted by Gasteiger charge is 2.13. The van der Waals surface area contributed by atoms with Gasteiger partial charge in [0.05, 0.1) is 0 Å². The molecule has 100 valence electrons. The monoisotopic (exact) mass is 323 g/mol. The van der Waals surface area contributed by atoms with Crippen LogP contribution in [0.2, 0.25) is 0 Å². The third-order valence-electron chi connectivity index (χ3n) is 2.31. The maximum atomic E-state index is 13.2. The zero-order chi connectivity index (χ0) is 13.5. The van der Waals surface area contributed by atoms with E-state index < -0.39 is 29.0 Å². The van der Waals surface area contributed by atoms with Crippen molar-refractivity contribution in [3.8, 4) is 0 Å². The molecule has 0 heterocycles. The highest BCUT2D eigenvalue weighted by Crippen LogP contribution is 2.20. The lowest BCUT2D eigenvalue weighted by molar-refractivity contribution is -0.116. The fourth-order valence-electron chi connectivity index (χ4n) is 1.42. The number of hydrogen-bond donors (Lipinski definition) is 1. The van der Waals surface area contributed by atoms with Gasteiger partial charge in [0.1, 0.15) is 11.5 Å². The molecule has 0 bridgehead atoms. The predicted octanol–water partition coefficient (Wildman–Crippen LogP) is 4.00. The number of hydrogen-bond acceptors (Lipinski definition) is 1. The van der Waals surface area contributed by atoms with Gasteiger partial charge in [-0.3, -0.25) is 4.79 Å². The van der Waals surface area contributed by atoms with Crippen LogP contribution in [0.1, 0.15) is 25.7 Å². The van der Waals surface area contributed by atoms with E-state index >= 15 is 0 Å². The Labute approximate surface area is 112 Å². The molecular weight excluding hydrogens is 311 g/mol. The Hall–Kier alpha value is -1.04. The first-order valence-corrected chi connectivity index (χ1v) is 6.67. The van der Waals surface area contributed by atoms with E-state index in [1.165, 1.54) is 0 Å². The molecule has 2 nitrogen and oxygen atoms in total. The van der Waals surface area contributed by atoms with E-state index in [1.807, 2.05) is 0 Å². The Balaban J connectivity index is 2.54. The number of halogens is 4. The molecular formula is C12H13BrF3NO. The molecule has 0 aliphatic rings. The minimum absolute atomic E-state index is 0.184. The van der Waals surface area contributed by atoms with Crippen molar-refractivity contribution in [3.63, 3.8) is 0 Å². The van der Waals surface area contributed by atoms with Crippen LogP contribution in [-0.4, -0.2) is 11.2 Å². The van der Waals surface area contributed by atoms with E-state index in [1.54, 1.807) is 0 Å². The summed E-state index contributed by atoms with van der Waals surface area (Å²) in [6.07, 6.45) is 2.62. The molecule has 0 radical (unpaired) electrons. The Bertz CT molecular complexity index is 403. The molecule has 0 aliphatic carbocycles. The zero-order valence-electron chi connectivity index (χ0n) is 9.61. The third-order valence-corrected chi connectivity index (χ3v) is 2.87. The number of amides is 1. The van der Waals surface area contributed by atoms with Gasteiger partial charge in [-0.1, -0.05) is 22.4 Å². The van der Waals surface area contributed by atoms with Crippen LogP contribution in [0.4, 0.5) is 18.9 Å². The summed E-state index contributed by atoms with van der Waals surface area (Å²) in [5.74, 6) is -3.71. The van der Waals surface area contributed by atoms with Gasteiger partial charge in [-0.15, -0.1) is 0 Å². The molecule has 0 aromatic heterocycles. The van der Waals surface area contributed by atoms with Gasteiger partial charge >= 0.3 is 0 Å². The first-order chi connectivity index (χ1) is 8.54. The number of rotatable bonds is 6. The molecule has 0 atom stereocenters. The largest absolute Gasteiger partial charge is 0.321 e. The molecule has 1 aromatic carbocycles. The molecule has 0 saturated heterocycles. The van der Waals surface area contributed by atoms with Gasteiger partial charge in [-0.05, 0) is 12.8 Å². The molecule has 1 amide bonds. The Morgan fingerprint density at radius 2 is 1.72 bits per heavy atom. The van der Waals surface area contributed by atoms with Gasteiger partial charge in [-0.2, -0.15) is 0 Å². The quantitative estimate of drug-likeness (QED) is 0.622. The lowest BCUT2D eigenvalue weighted by atomic mass is 10.2. The van der Waals surface area contributed by atoms with Gasteiger partial charge in [0.25, 0.3) is 0 Å². The van der Waals surface area contributed by atoms with Crippen molar-refractivity contribution in [2.45, 2.75) is 25.7 Å². The van der Waals surface area contributed by atoms with Crippen LogP contribution in [0.5, 0.6) is 0 Å². The van der Waals surface area contributed by atoms with Crippen molar-refractivity contribution in [2.75, 3.05) is 10.6 Å². The van der Waals surface area contributed by atoms with Gasteiger partial charge in [0, 0.05) is 23.9 Å². The van der Waals surface area contributed by atoms with Crippen LogP contribution in [-0.2, 0) is 4.79 Å². The zero-order valence-corrected chi connectivity index (χ0v) is 11.2. The molecule has 1 aromatic rings. The molecule has 0 saturated carbocycles. The molecule has 0 spiro atoms. The van der Waals surface area contributed by atoms with E-state index in [-0.39, 0.29) is 6.42 Å². The standard InChI is InChI=1S/C12H13BrF3NO/c13-5-3-1-2-4-11(18)17-12-9(15)6-8(14)7-10(12)16/h6-7H,1-5H2,(H,17,18). The lowest BCUT2D eigenvalue weighted by Crippen LogP contribution is -2.14. The summed E-state index contributed by atoms with van der Waals surface area (Å²) in [6.45, 7) is 0. The normalized spacial score (nSPS) is 10.4. The van der Waals surface area contributed by atoms with Crippen molar-refractivity contribution < 1.29 is 18.0 Å². The molecule has 6 heteroatoms. The van der Waals surface area contributed by atoms with Gasteiger partial charge in [-0.25, -0.2) is 13.2 Å². The number of anilines is 1. The molecule has 18 heavy (non-hydrogen) atoms. The van der Waals surface area contributed by atoms with Crippen LogP contribution < -0.4 is 5.32 Å². The van der Waals surface area contributed by atoms with Crippen LogP contribution in [0.25, 0.3) is 0 Å². The summed E-state index contributed by atoms with van der Waals surface area (Å²) in [6, 6.07) is 1.06. The summed E-state index contributed by atoms with van der Waals surface area (Å²) >= 11 is 3.26. The van der Waals surface area contributed by atoms with E-state index in [0.717, 1.165) is 18.2 Å². The maximum Gasteiger partial charge on any atom is 0.224 e. The summed E-state index contributed by atoms with van der Waals surface area (Å²) in [7, 11) is 0. The summed E-state index contributed by atoms with van der Waals surface area (Å²) in [5.41, 5.74) is -0.595. The van der Waals surface area contributed by atoms with Crippen molar-refractivity contribution >= 4 is 27.5 Å². The Kier molecular flexibility index (Phi) is 6.18. The summed E-state index contributed by atoms with van der Waals surface area (Å²) in [4.78, 5) is 11.4. The first kappa shape index (κ1) is 15.0. The van der Waals surface area contributed by atoms with E-state index in [4.69, 9.17) is 0 Å². The predicted molar refractivity (Wildman–Crippen MR) is 67.2 cm³/mol. The second-order valence-corrected chi connectivity index (χ2v) is 4.59. The number of alkyl halides is 1. The Morgan fingerprint density at radius 3 is 2.28 bits per heavy atom. The summed E-state index contributed by atoms with van der Waals surface area (Å²) < 4.78 is 39.1. The molecule has 1 rings (SSSR count). The number of carbonyl (C=O) groups excluding carboxylic acids is 1. The molecule has 0 fully saturated rings. The second-order valence-electron chi connectivity index (χ2n) is 3.79. The molecule has 0 aliphatic heterocycles. The van der Waals surface area contributed by atoms with Crippen molar-refractivity contribution in [2.24, 2.45) is 0 Å².